The summed E-state index contributed by atoms with van der Waals surface area (Å²) in [6.07, 6.45) is 3.32. The third-order valence-corrected chi connectivity index (χ3v) is 7.59. The highest BCUT2D eigenvalue weighted by Gasteiger charge is 2.28. The van der Waals surface area contributed by atoms with Crippen LogP contribution in [0.15, 0.2) is 18.5 Å². The number of piperazine rings is 1. The normalized spacial score (nSPS) is 18.8. The van der Waals surface area contributed by atoms with Crippen molar-refractivity contribution in [2.45, 2.75) is 12.6 Å². The molecular weight excluding hydrogens is 496 g/mol. The summed E-state index contributed by atoms with van der Waals surface area (Å²) in [6, 6.07) is 2.48. The molecule has 2 amide bonds. The molecule has 0 aromatic carbocycles. The maximum absolute atomic E-state index is 12.2. The predicted octanol–water partition coefficient (Wildman–Crippen LogP) is 1.88. The lowest BCUT2D eigenvalue weighted by Crippen LogP contribution is -2.51. The second-order valence-corrected chi connectivity index (χ2v) is 10.4. The van der Waals surface area contributed by atoms with E-state index in [-0.39, 0.29) is 18.1 Å². The standard InChI is InChI=1S/C24H32N8O4S/c1-29(2)24(33)31-7-5-30(6-8-31)14-16-11-18-20(37-16)13-25-22(27-18)32-9-10-36-19(15-32)17-12-26-23(35-4)28-21(17)34-3/h11-13,19H,5-10,14-15H2,1-4H3. The SMILES string of the molecule is COc1ncc(C2CN(c3ncc4sc(CN5CCN(C(=O)N(C)C)CC5)cc4n3)CCO2)c(OC)n1. The van der Waals surface area contributed by atoms with Gasteiger partial charge in [-0.1, -0.05) is 0 Å². The Hall–Kier alpha value is -3.29. The minimum atomic E-state index is -0.273. The van der Waals surface area contributed by atoms with Crippen molar-refractivity contribution in [1.29, 1.82) is 0 Å². The molecule has 1 atom stereocenters. The summed E-state index contributed by atoms with van der Waals surface area (Å²) in [6.45, 7) is 5.83. The van der Waals surface area contributed by atoms with Crippen LogP contribution in [0.4, 0.5) is 10.7 Å². The number of nitrogens with zero attached hydrogens (tertiary/aromatic N) is 8. The van der Waals surface area contributed by atoms with Gasteiger partial charge >= 0.3 is 12.0 Å². The Morgan fingerprint density at radius 1 is 1.11 bits per heavy atom. The van der Waals surface area contributed by atoms with Crippen LogP contribution in [0.2, 0.25) is 0 Å². The van der Waals surface area contributed by atoms with E-state index in [1.165, 1.54) is 12.0 Å². The largest absolute Gasteiger partial charge is 0.481 e. The van der Waals surface area contributed by atoms with Gasteiger partial charge in [0, 0.05) is 64.4 Å². The van der Waals surface area contributed by atoms with Crippen molar-refractivity contribution in [3.05, 3.63) is 28.9 Å². The molecule has 5 rings (SSSR count). The van der Waals surface area contributed by atoms with Crippen LogP contribution in [0.1, 0.15) is 16.5 Å². The van der Waals surface area contributed by atoms with Gasteiger partial charge in [-0.05, 0) is 6.07 Å². The van der Waals surface area contributed by atoms with Crippen LogP contribution in [0.3, 0.4) is 0 Å². The van der Waals surface area contributed by atoms with E-state index in [4.69, 9.17) is 19.2 Å². The summed E-state index contributed by atoms with van der Waals surface area (Å²) in [5.41, 5.74) is 1.71. The van der Waals surface area contributed by atoms with Gasteiger partial charge in [0.25, 0.3) is 0 Å². The van der Waals surface area contributed by atoms with Crippen molar-refractivity contribution in [3.8, 4) is 11.9 Å². The monoisotopic (exact) mass is 528 g/mol. The van der Waals surface area contributed by atoms with Gasteiger partial charge in [0.05, 0.1) is 49.3 Å². The Morgan fingerprint density at radius 3 is 2.65 bits per heavy atom. The molecule has 2 fully saturated rings. The number of aromatic nitrogens is 4. The first kappa shape index (κ1) is 25.4. The first-order valence-electron chi connectivity index (χ1n) is 12.2. The summed E-state index contributed by atoms with van der Waals surface area (Å²) >= 11 is 1.72. The topological polar surface area (TPSA) is 109 Å². The molecule has 0 N–H and O–H groups in total. The average Bonchev–Trinajstić information content (AvgIpc) is 3.34. The van der Waals surface area contributed by atoms with E-state index in [0.717, 1.165) is 48.5 Å². The Bertz CT molecular complexity index is 1250. The number of hydrogen-bond acceptors (Lipinski definition) is 11. The fourth-order valence-corrected chi connectivity index (χ4v) is 5.59. The van der Waals surface area contributed by atoms with E-state index in [1.807, 2.05) is 11.1 Å². The van der Waals surface area contributed by atoms with E-state index >= 15 is 0 Å². The summed E-state index contributed by atoms with van der Waals surface area (Å²) in [5.74, 6) is 1.11. The summed E-state index contributed by atoms with van der Waals surface area (Å²) < 4.78 is 17.6. The highest BCUT2D eigenvalue weighted by Crippen LogP contribution is 2.32. The minimum absolute atomic E-state index is 0.0765. The van der Waals surface area contributed by atoms with Gasteiger partial charge in [0.15, 0.2) is 0 Å². The molecule has 0 aliphatic carbocycles. The second-order valence-electron chi connectivity index (χ2n) is 9.20. The first-order chi connectivity index (χ1) is 17.9. The van der Waals surface area contributed by atoms with E-state index in [9.17, 15) is 4.79 Å². The average molecular weight is 529 g/mol. The van der Waals surface area contributed by atoms with Crippen molar-refractivity contribution >= 4 is 33.5 Å². The fraction of sp³-hybridized carbons (Fsp3) is 0.542. The van der Waals surface area contributed by atoms with Gasteiger partial charge in [-0.15, -0.1) is 11.3 Å². The molecule has 37 heavy (non-hydrogen) atoms. The van der Waals surface area contributed by atoms with Crippen molar-refractivity contribution in [3.63, 3.8) is 0 Å². The lowest BCUT2D eigenvalue weighted by Gasteiger charge is -2.35. The van der Waals surface area contributed by atoms with Crippen LogP contribution >= 0.6 is 11.3 Å². The number of urea groups is 1. The van der Waals surface area contributed by atoms with Crippen molar-refractivity contribution < 1.29 is 19.0 Å². The van der Waals surface area contributed by atoms with Crippen molar-refractivity contribution in [2.24, 2.45) is 0 Å². The Balaban J connectivity index is 1.25. The quantitative estimate of drug-likeness (QED) is 0.470. The number of amides is 2. The van der Waals surface area contributed by atoms with Gasteiger partial charge in [-0.3, -0.25) is 4.90 Å². The van der Waals surface area contributed by atoms with Crippen LogP contribution in [0, 0.1) is 0 Å². The maximum Gasteiger partial charge on any atom is 0.319 e. The summed E-state index contributed by atoms with van der Waals surface area (Å²) in [7, 11) is 6.68. The number of ether oxygens (including phenoxy) is 3. The predicted molar refractivity (Wildman–Crippen MR) is 139 cm³/mol. The molecule has 0 bridgehead atoms. The summed E-state index contributed by atoms with van der Waals surface area (Å²) in [5, 5.41) is 0. The molecule has 3 aromatic heterocycles. The highest BCUT2D eigenvalue weighted by atomic mass is 32.1. The molecule has 12 nitrogen and oxygen atoms in total. The zero-order chi connectivity index (χ0) is 25.9. The molecule has 0 saturated carbocycles. The van der Waals surface area contributed by atoms with Crippen LogP contribution in [-0.2, 0) is 11.3 Å². The molecule has 1 unspecified atom stereocenters. The Labute approximate surface area is 219 Å². The van der Waals surface area contributed by atoms with Crippen LogP contribution in [-0.4, -0.2) is 115 Å². The van der Waals surface area contributed by atoms with E-state index in [2.05, 4.69) is 30.8 Å². The molecule has 2 aliphatic heterocycles. The fourth-order valence-electron chi connectivity index (χ4n) is 4.57. The molecule has 198 valence electrons. The smallest absolute Gasteiger partial charge is 0.319 e. The number of thiophene rings is 1. The lowest BCUT2D eigenvalue weighted by molar-refractivity contribution is 0.0369. The number of morpholine rings is 1. The van der Waals surface area contributed by atoms with E-state index in [0.29, 0.717) is 31.5 Å². The van der Waals surface area contributed by atoms with Gasteiger partial charge in [0.2, 0.25) is 11.8 Å². The zero-order valence-corrected chi connectivity index (χ0v) is 22.4. The molecule has 3 aromatic rings. The molecule has 2 saturated heterocycles. The van der Waals surface area contributed by atoms with Gasteiger partial charge < -0.3 is 28.9 Å². The second kappa shape index (κ2) is 11.0. The number of anilines is 1. The number of fused-ring (bicyclic) bond motifs is 1. The van der Waals surface area contributed by atoms with Gasteiger partial charge in [0.1, 0.15) is 6.10 Å². The maximum atomic E-state index is 12.2. The molecule has 13 heteroatoms. The third-order valence-electron chi connectivity index (χ3n) is 6.54. The van der Waals surface area contributed by atoms with Crippen LogP contribution in [0.5, 0.6) is 11.9 Å². The number of hydrogen-bond donors (Lipinski definition) is 0. The number of methoxy groups -OCH3 is 2. The molecule has 0 spiro atoms. The molecule has 5 heterocycles. The first-order valence-corrected chi connectivity index (χ1v) is 13.0. The van der Waals surface area contributed by atoms with E-state index < -0.39 is 0 Å². The van der Waals surface area contributed by atoms with Crippen LogP contribution in [0.25, 0.3) is 10.2 Å². The van der Waals surface area contributed by atoms with Crippen LogP contribution < -0.4 is 14.4 Å². The zero-order valence-electron chi connectivity index (χ0n) is 21.6. The molecule has 2 aliphatic rings. The molecular formula is C24H32N8O4S. The van der Waals surface area contributed by atoms with Crippen molar-refractivity contribution in [2.75, 3.05) is 79.1 Å². The van der Waals surface area contributed by atoms with Crippen molar-refractivity contribution in [1.82, 2.24) is 34.6 Å². The highest BCUT2D eigenvalue weighted by molar-refractivity contribution is 7.18. The minimum Gasteiger partial charge on any atom is -0.481 e. The Morgan fingerprint density at radius 2 is 1.92 bits per heavy atom. The van der Waals surface area contributed by atoms with E-state index in [1.54, 1.807) is 43.6 Å². The number of carbonyl (C=O) groups excluding carboxylic acids is 1. The Kier molecular flexibility index (Phi) is 7.53. The summed E-state index contributed by atoms with van der Waals surface area (Å²) in [4.78, 5) is 39.5. The third kappa shape index (κ3) is 5.53. The number of rotatable bonds is 6. The molecule has 0 radical (unpaired) electrons. The van der Waals surface area contributed by atoms with Gasteiger partial charge in [-0.25, -0.2) is 19.7 Å². The lowest BCUT2D eigenvalue weighted by atomic mass is 10.1. The number of carbonyl (C=O) groups is 1. The van der Waals surface area contributed by atoms with Gasteiger partial charge in [-0.2, -0.15) is 4.98 Å².